The lowest BCUT2D eigenvalue weighted by molar-refractivity contribution is 0.0622. The van der Waals surface area contributed by atoms with Gasteiger partial charge in [0.2, 0.25) is 0 Å². The van der Waals surface area contributed by atoms with E-state index in [9.17, 15) is 4.79 Å². The Labute approximate surface area is 132 Å². The van der Waals surface area contributed by atoms with Crippen molar-refractivity contribution in [1.82, 2.24) is 19.8 Å². The molecule has 3 heterocycles. The normalized spacial score (nSPS) is 16.1. The summed E-state index contributed by atoms with van der Waals surface area (Å²) in [4.78, 5) is 24.4. The van der Waals surface area contributed by atoms with Gasteiger partial charge < -0.3 is 4.90 Å². The molecule has 110 valence electrons. The predicted octanol–water partition coefficient (Wildman–Crippen LogP) is 2.15. The number of carbonyl (C=O) groups excluding carboxylic acids is 1. The van der Waals surface area contributed by atoms with Crippen molar-refractivity contribution in [2.45, 2.75) is 6.54 Å². The zero-order valence-corrected chi connectivity index (χ0v) is 13.0. The van der Waals surface area contributed by atoms with E-state index in [1.807, 2.05) is 4.90 Å². The van der Waals surface area contributed by atoms with E-state index in [0.29, 0.717) is 23.9 Å². The van der Waals surface area contributed by atoms with E-state index in [-0.39, 0.29) is 5.91 Å². The van der Waals surface area contributed by atoms with Crippen LogP contribution in [0.5, 0.6) is 0 Å². The number of aromatic nitrogens is 2. The molecule has 3 rings (SSSR count). The second-order valence-electron chi connectivity index (χ2n) is 4.92. The highest BCUT2D eigenvalue weighted by Crippen LogP contribution is 2.13. The van der Waals surface area contributed by atoms with Crippen molar-refractivity contribution in [3.05, 3.63) is 45.6 Å². The molecule has 2 aromatic heterocycles. The third kappa shape index (κ3) is 3.58. The SMILES string of the molecule is O=C(c1cnc(Cl)cn1)N1CCN(Cc2ccsc2)CC1. The molecule has 1 aliphatic rings. The van der Waals surface area contributed by atoms with Crippen molar-refractivity contribution in [2.24, 2.45) is 0 Å². The van der Waals surface area contributed by atoms with Crippen LogP contribution in [0.2, 0.25) is 5.15 Å². The Morgan fingerprint density at radius 1 is 1.24 bits per heavy atom. The highest BCUT2D eigenvalue weighted by atomic mass is 35.5. The quantitative estimate of drug-likeness (QED) is 0.869. The summed E-state index contributed by atoms with van der Waals surface area (Å²) in [7, 11) is 0. The lowest BCUT2D eigenvalue weighted by Gasteiger charge is -2.34. The Morgan fingerprint density at radius 3 is 2.67 bits per heavy atom. The fourth-order valence-corrected chi connectivity index (χ4v) is 3.09. The Balaban J connectivity index is 1.55. The van der Waals surface area contributed by atoms with Gasteiger partial charge in [0.05, 0.1) is 12.4 Å². The van der Waals surface area contributed by atoms with Gasteiger partial charge in [0.15, 0.2) is 0 Å². The Kier molecular flexibility index (Phi) is 4.48. The third-order valence-electron chi connectivity index (χ3n) is 3.49. The zero-order valence-electron chi connectivity index (χ0n) is 11.4. The van der Waals surface area contributed by atoms with Crippen LogP contribution in [0.1, 0.15) is 16.1 Å². The maximum atomic E-state index is 12.3. The van der Waals surface area contributed by atoms with Gasteiger partial charge >= 0.3 is 0 Å². The van der Waals surface area contributed by atoms with Gasteiger partial charge in [-0.3, -0.25) is 9.69 Å². The van der Waals surface area contributed by atoms with Crippen LogP contribution in [0.4, 0.5) is 0 Å². The molecule has 0 aliphatic carbocycles. The maximum Gasteiger partial charge on any atom is 0.274 e. The lowest BCUT2D eigenvalue weighted by Crippen LogP contribution is -2.48. The van der Waals surface area contributed by atoms with E-state index in [4.69, 9.17) is 11.6 Å². The van der Waals surface area contributed by atoms with Crippen molar-refractivity contribution in [1.29, 1.82) is 0 Å². The van der Waals surface area contributed by atoms with Crippen molar-refractivity contribution < 1.29 is 4.79 Å². The standard InChI is InChI=1S/C14H15ClN4OS/c15-13-8-16-12(7-17-13)14(20)19-4-2-18(3-5-19)9-11-1-6-21-10-11/h1,6-8,10H,2-5,9H2. The number of amides is 1. The second kappa shape index (κ2) is 6.51. The summed E-state index contributed by atoms with van der Waals surface area (Å²) in [5, 5.41) is 4.56. The third-order valence-corrected chi connectivity index (χ3v) is 4.41. The van der Waals surface area contributed by atoms with Crippen LogP contribution < -0.4 is 0 Å². The summed E-state index contributed by atoms with van der Waals surface area (Å²) in [6, 6.07) is 2.14. The molecule has 0 spiro atoms. The number of carbonyl (C=O) groups is 1. The summed E-state index contributed by atoms with van der Waals surface area (Å²) < 4.78 is 0. The fraction of sp³-hybridized carbons (Fsp3) is 0.357. The van der Waals surface area contributed by atoms with Crippen LogP contribution >= 0.6 is 22.9 Å². The molecule has 2 aromatic rings. The van der Waals surface area contributed by atoms with Crippen LogP contribution in [0.3, 0.4) is 0 Å². The summed E-state index contributed by atoms with van der Waals surface area (Å²) in [5.74, 6) is -0.0747. The molecular formula is C14H15ClN4OS. The first-order chi connectivity index (χ1) is 10.2. The molecule has 0 bridgehead atoms. The minimum Gasteiger partial charge on any atom is -0.335 e. The van der Waals surface area contributed by atoms with E-state index >= 15 is 0 Å². The van der Waals surface area contributed by atoms with Gasteiger partial charge in [0.1, 0.15) is 10.8 Å². The van der Waals surface area contributed by atoms with Gasteiger partial charge in [-0.1, -0.05) is 11.6 Å². The highest BCUT2D eigenvalue weighted by Gasteiger charge is 2.23. The average Bonchev–Trinajstić information content (AvgIpc) is 3.01. The molecule has 5 nitrogen and oxygen atoms in total. The van der Waals surface area contributed by atoms with E-state index in [1.165, 1.54) is 18.0 Å². The minimum absolute atomic E-state index is 0.0747. The number of piperazine rings is 1. The second-order valence-corrected chi connectivity index (χ2v) is 6.09. The molecule has 21 heavy (non-hydrogen) atoms. The smallest absolute Gasteiger partial charge is 0.274 e. The van der Waals surface area contributed by atoms with E-state index < -0.39 is 0 Å². The topological polar surface area (TPSA) is 49.3 Å². The lowest BCUT2D eigenvalue weighted by atomic mass is 10.2. The Bertz CT molecular complexity index is 594. The van der Waals surface area contributed by atoms with Gasteiger partial charge in [0.25, 0.3) is 5.91 Å². The number of hydrogen-bond acceptors (Lipinski definition) is 5. The number of rotatable bonds is 3. The van der Waals surface area contributed by atoms with Gasteiger partial charge in [-0.15, -0.1) is 0 Å². The molecule has 0 saturated carbocycles. The number of thiophene rings is 1. The molecule has 0 atom stereocenters. The molecule has 1 amide bonds. The number of hydrogen-bond donors (Lipinski definition) is 0. The summed E-state index contributed by atoms with van der Waals surface area (Å²) in [6.45, 7) is 4.14. The fourth-order valence-electron chi connectivity index (χ4n) is 2.33. The molecule has 7 heteroatoms. The van der Waals surface area contributed by atoms with Crippen LogP contribution in [-0.4, -0.2) is 51.9 Å². The van der Waals surface area contributed by atoms with Gasteiger partial charge in [0, 0.05) is 32.7 Å². The van der Waals surface area contributed by atoms with Crippen molar-refractivity contribution in [2.75, 3.05) is 26.2 Å². The minimum atomic E-state index is -0.0747. The summed E-state index contributed by atoms with van der Waals surface area (Å²) >= 11 is 7.40. The van der Waals surface area contributed by atoms with E-state index in [1.54, 1.807) is 11.3 Å². The van der Waals surface area contributed by atoms with Gasteiger partial charge in [-0.25, -0.2) is 9.97 Å². The molecular weight excluding hydrogens is 308 g/mol. The van der Waals surface area contributed by atoms with Crippen molar-refractivity contribution >= 4 is 28.8 Å². The largest absolute Gasteiger partial charge is 0.335 e. The molecule has 1 saturated heterocycles. The van der Waals surface area contributed by atoms with Crippen LogP contribution in [0.25, 0.3) is 0 Å². The number of halogens is 1. The first-order valence-electron chi connectivity index (χ1n) is 6.72. The first kappa shape index (κ1) is 14.4. The Hall–Kier alpha value is -1.50. The van der Waals surface area contributed by atoms with E-state index in [0.717, 1.165) is 19.6 Å². The molecule has 0 N–H and O–H groups in total. The highest BCUT2D eigenvalue weighted by molar-refractivity contribution is 7.07. The summed E-state index contributed by atoms with van der Waals surface area (Å²) in [6.07, 6.45) is 2.84. The monoisotopic (exact) mass is 322 g/mol. The van der Waals surface area contributed by atoms with Gasteiger partial charge in [-0.05, 0) is 22.4 Å². The summed E-state index contributed by atoms with van der Waals surface area (Å²) in [5.41, 5.74) is 1.69. The molecule has 0 unspecified atom stereocenters. The average molecular weight is 323 g/mol. The maximum absolute atomic E-state index is 12.3. The van der Waals surface area contributed by atoms with Crippen molar-refractivity contribution in [3.63, 3.8) is 0 Å². The van der Waals surface area contributed by atoms with E-state index in [2.05, 4.69) is 31.7 Å². The Morgan fingerprint density at radius 2 is 2.05 bits per heavy atom. The molecule has 0 radical (unpaired) electrons. The first-order valence-corrected chi connectivity index (χ1v) is 8.05. The molecule has 0 aromatic carbocycles. The van der Waals surface area contributed by atoms with Crippen LogP contribution in [0, 0.1) is 0 Å². The van der Waals surface area contributed by atoms with Gasteiger partial charge in [-0.2, -0.15) is 11.3 Å². The molecule has 1 aliphatic heterocycles. The van der Waals surface area contributed by atoms with Crippen molar-refractivity contribution in [3.8, 4) is 0 Å². The van der Waals surface area contributed by atoms with Crippen LogP contribution in [0.15, 0.2) is 29.2 Å². The number of nitrogens with zero attached hydrogens (tertiary/aromatic N) is 4. The predicted molar refractivity (Wildman–Crippen MR) is 82.5 cm³/mol. The zero-order chi connectivity index (χ0) is 14.7. The van der Waals surface area contributed by atoms with Crippen LogP contribution in [-0.2, 0) is 6.54 Å². The molecule has 1 fully saturated rings.